The Morgan fingerprint density at radius 1 is 1.24 bits per heavy atom. The molecule has 2 heterocycles. The van der Waals surface area contributed by atoms with Gasteiger partial charge in [-0.3, -0.25) is 4.79 Å². The van der Waals surface area contributed by atoms with Crippen LogP contribution < -0.4 is 0 Å². The van der Waals surface area contributed by atoms with Crippen LogP contribution in [0.25, 0.3) is 11.3 Å². The standard InChI is InChI=1S/C16H14N2OS2/c1-18-9-5-8-14(18)15(19)11-21-16-17-13(10-20-16)12-6-3-2-4-7-12/h2-10H,11H2,1H3. The van der Waals surface area contributed by atoms with E-state index in [0.29, 0.717) is 5.75 Å². The topological polar surface area (TPSA) is 34.9 Å². The van der Waals surface area contributed by atoms with E-state index < -0.39 is 0 Å². The maximum absolute atomic E-state index is 12.1. The van der Waals surface area contributed by atoms with Crippen LogP contribution in [-0.4, -0.2) is 21.1 Å². The molecule has 3 nitrogen and oxygen atoms in total. The van der Waals surface area contributed by atoms with Crippen LogP contribution >= 0.6 is 23.1 Å². The van der Waals surface area contributed by atoms with Gasteiger partial charge in [-0.1, -0.05) is 42.1 Å². The normalized spacial score (nSPS) is 10.7. The monoisotopic (exact) mass is 314 g/mol. The zero-order chi connectivity index (χ0) is 14.7. The second-order valence-electron chi connectivity index (χ2n) is 4.58. The van der Waals surface area contributed by atoms with Crippen molar-refractivity contribution in [3.63, 3.8) is 0 Å². The van der Waals surface area contributed by atoms with Gasteiger partial charge in [-0.05, 0) is 12.1 Å². The molecule has 0 atom stereocenters. The molecule has 2 aromatic heterocycles. The molecule has 0 unspecified atom stereocenters. The summed E-state index contributed by atoms with van der Waals surface area (Å²) in [4.78, 5) is 16.7. The summed E-state index contributed by atoms with van der Waals surface area (Å²) in [6.45, 7) is 0. The number of aromatic nitrogens is 2. The van der Waals surface area contributed by atoms with Gasteiger partial charge in [-0.15, -0.1) is 11.3 Å². The summed E-state index contributed by atoms with van der Waals surface area (Å²) in [5.74, 6) is 0.545. The number of nitrogens with zero attached hydrogens (tertiary/aromatic N) is 2. The van der Waals surface area contributed by atoms with Crippen molar-refractivity contribution >= 4 is 28.9 Å². The second kappa shape index (κ2) is 6.28. The first-order chi connectivity index (χ1) is 10.2. The Morgan fingerprint density at radius 2 is 2.05 bits per heavy atom. The summed E-state index contributed by atoms with van der Waals surface area (Å²) in [6, 6.07) is 13.8. The maximum atomic E-state index is 12.1. The van der Waals surface area contributed by atoms with Crippen LogP contribution in [0.15, 0.2) is 58.4 Å². The van der Waals surface area contributed by atoms with Crippen molar-refractivity contribution in [2.45, 2.75) is 4.34 Å². The molecule has 3 rings (SSSR count). The van der Waals surface area contributed by atoms with E-state index in [4.69, 9.17) is 0 Å². The number of rotatable bonds is 5. The van der Waals surface area contributed by atoms with Gasteiger partial charge in [0.15, 0.2) is 10.1 Å². The molecule has 0 aliphatic heterocycles. The van der Waals surface area contributed by atoms with E-state index in [1.807, 2.05) is 65.7 Å². The molecule has 106 valence electrons. The highest BCUT2D eigenvalue weighted by Crippen LogP contribution is 2.28. The number of thiazole rings is 1. The molecular weight excluding hydrogens is 300 g/mol. The first-order valence-corrected chi connectivity index (χ1v) is 8.39. The molecule has 0 aliphatic rings. The van der Waals surface area contributed by atoms with Crippen molar-refractivity contribution in [3.8, 4) is 11.3 Å². The van der Waals surface area contributed by atoms with Crippen molar-refractivity contribution in [1.29, 1.82) is 0 Å². The molecule has 3 aromatic rings. The summed E-state index contributed by atoms with van der Waals surface area (Å²) in [5, 5.41) is 2.03. The van der Waals surface area contributed by atoms with Gasteiger partial charge in [0, 0.05) is 24.2 Å². The third-order valence-corrected chi connectivity index (χ3v) is 5.13. The molecule has 0 saturated carbocycles. The van der Waals surface area contributed by atoms with Crippen LogP contribution in [0.3, 0.4) is 0 Å². The largest absolute Gasteiger partial charge is 0.348 e. The van der Waals surface area contributed by atoms with Gasteiger partial charge in [0.1, 0.15) is 0 Å². The van der Waals surface area contributed by atoms with E-state index in [1.54, 1.807) is 11.3 Å². The zero-order valence-electron chi connectivity index (χ0n) is 11.5. The summed E-state index contributed by atoms with van der Waals surface area (Å²) >= 11 is 3.08. The fraction of sp³-hybridized carbons (Fsp3) is 0.125. The van der Waals surface area contributed by atoms with Crippen molar-refractivity contribution < 1.29 is 4.79 Å². The number of ketones is 1. The number of aryl methyl sites for hydroxylation is 1. The van der Waals surface area contributed by atoms with Gasteiger partial charge in [-0.25, -0.2) is 4.98 Å². The van der Waals surface area contributed by atoms with Gasteiger partial charge < -0.3 is 4.57 Å². The smallest absolute Gasteiger partial charge is 0.189 e. The predicted octanol–water partition coefficient (Wildman–Crippen LogP) is 4.12. The highest BCUT2D eigenvalue weighted by molar-refractivity contribution is 8.01. The fourth-order valence-electron chi connectivity index (χ4n) is 2.02. The number of thioether (sulfide) groups is 1. The number of benzene rings is 1. The third kappa shape index (κ3) is 3.25. The number of Topliss-reactive ketones (excluding diaryl/α,β-unsaturated/α-hetero) is 1. The number of hydrogen-bond acceptors (Lipinski definition) is 4. The molecule has 0 N–H and O–H groups in total. The molecule has 1 aromatic carbocycles. The highest BCUT2D eigenvalue weighted by atomic mass is 32.2. The summed E-state index contributed by atoms with van der Waals surface area (Å²) in [5.41, 5.74) is 2.81. The minimum absolute atomic E-state index is 0.129. The summed E-state index contributed by atoms with van der Waals surface area (Å²) in [6.07, 6.45) is 1.88. The van der Waals surface area contributed by atoms with Crippen molar-refractivity contribution in [2.75, 3.05) is 5.75 Å². The number of carbonyl (C=O) groups excluding carboxylic acids is 1. The Morgan fingerprint density at radius 3 is 2.76 bits per heavy atom. The molecule has 0 bridgehead atoms. The third-order valence-electron chi connectivity index (χ3n) is 3.11. The summed E-state index contributed by atoms with van der Waals surface area (Å²) in [7, 11) is 1.88. The van der Waals surface area contributed by atoms with Gasteiger partial charge in [-0.2, -0.15) is 0 Å². The lowest BCUT2D eigenvalue weighted by Gasteiger charge is -2.00. The Hall–Kier alpha value is -1.85. The molecule has 0 amide bonds. The van der Waals surface area contributed by atoms with E-state index in [9.17, 15) is 4.79 Å². The van der Waals surface area contributed by atoms with Crippen molar-refractivity contribution in [3.05, 3.63) is 59.7 Å². The molecule has 0 saturated heterocycles. The SMILES string of the molecule is Cn1cccc1C(=O)CSc1nc(-c2ccccc2)cs1. The van der Waals surface area contributed by atoms with E-state index in [2.05, 4.69) is 4.98 Å². The molecular formula is C16H14N2OS2. The average Bonchev–Trinajstić information content (AvgIpc) is 3.15. The second-order valence-corrected chi connectivity index (χ2v) is 6.66. The maximum Gasteiger partial charge on any atom is 0.189 e. The van der Waals surface area contributed by atoms with Gasteiger partial charge in [0.05, 0.1) is 17.1 Å². The van der Waals surface area contributed by atoms with Gasteiger partial charge in [0.25, 0.3) is 0 Å². The molecule has 0 spiro atoms. The quantitative estimate of drug-likeness (QED) is 0.525. The Kier molecular flexibility index (Phi) is 4.22. The fourth-order valence-corrected chi connectivity index (χ4v) is 3.73. The first-order valence-electron chi connectivity index (χ1n) is 6.52. The van der Waals surface area contributed by atoms with E-state index in [-0.39, 0.29) is 5.78 Å². The Labute approximate surface area is 131 Å². The Balaban J connectivity index is 1.66. The van der Waals surface area contributed by atoms with Crippen LogP contribution in [0.1, 0.15) is 10.5 Å². The lowest BCUT2D eigenvalue weighted by Crippen LogP contribution is -2.07. The van der Waals surface area contributed by atoms with E-state index >= 15 is 0 Å². The van der Waals surface area contributed by atoms with Gasteiger partial charge in [0.2, 0.25) is 0 Å². The van der Waals surface area contributed by atoms with Crippen LogP contribution in [0.4, 0.5) is 0 Å². The van der Waals surface area contributed by atoms with E-state index in [0.717, 1.165) is 21.3 Å². The molecule has 5 heteroatoms. The molecule has 0 fully saturated rings. The zero-order valence-corrected chi connectivity index (χ0v) is 13.2. The van der Waals surface area contributed by atoms with Crippen molar-refractivity contribution in [1.82, 2.24) is 9.55 Å². The Bertz CT molecular complexity index is 746. The molecule has 0 aliphatic carbocycles. The van der Waals surface area contributed by atoms with Crippen LogP contribution in [0.5, 0.6) is 0 Å². The first kappa shape index (κ1) is 14.1. The lowest BCUT2D eigenvalue weighted by atomic mass is 10.2. The predicted molar refractivity (Wildman–Crippen MR) is 88.0 cm³/mol. The van der Waals surface area contributed by atoms with Gasteiger partial charge >= 0.3 is 0 Å². The van der Waals surface area contributed by atoms with Crippen LogP contribution in [-0.2, 0) is 7.05 Å². The number of hydrogen-bond donors (Lipinski definition) is 0. The minimum Gasteiger partial charge on any atom is -0.348 e. The van der Waals surface area contributed by atoms with Crippen LogP contribution in [0, 0.1) is 0 Å². The lowest BCUT2D eigenvalue weighted by molar-refractivity contribution is 0.101. The highest BCUT2D eigenvalue weighted by Gasteiger charge is 2.11. The minimum atomic E-state index is 0.129. The average molecular weight is 314 g/mol. The van der Waals surface area contributed by atoms with E-state index in [1.165, 1.54) is 11.8 Å². The molecule has 21 heavy (non-hydrogen) atoms. The summed E-state index contributed by atoms with van der Waals surface area (Å²) < 4.78 is 2.77. The van der Waals surface area contributed by atoms with Crippen molar-refractivity contribution in [2.24, 2.45) is 7.05 Å². The van der Waals surface area contributed by atoms with Crippen LogP contribution in [0.2, 0.25) is 0 Å². The molecule has 0 radical (unpaired) electrons. The number of carbonyl (C=O) groups is 1.